The van der Waals surface area contributed by atoms with Gasteiger partial charge in [0.2, 0.25) is 0 Å². The van der Waals surface area contributed by atoms with Gasteiger partial charge in [-0.15, -0.1) is 0 Å². The minimum atomic E-state index is -0.727. The van der Waals surface area contributed by atoms with Gasteiger partial charge in [-0.3, -0.25) is 4.68 Å². The van der Waals surface area contributed by atoms with E-state index in [1.807, 2.05) is 25.1 Å². The molecular formula is C14H18N2O2. The quantitative estimate of drug-likeness (QED) is 0.902. The molecule has 0 spiro atoms. The summed E-state index contributed by atoms with van der Waals surface area (Å²) in [4.78, 5) is 0. The molecule has 2 aromatic rings. The van der Waals surface area contributed by atoms with E-state index in [2.05, 4.69) is 12.0 Å². The van der Waals surface area contributed by atoms with E-state index in [1.165, 1.54) is 6.42 Å². The minimum Gasteiger partial charge on any atom is -0.463 e. The normalized spacial score (nSPS) is 24.2. The van der Waals surface area contributed by atoms with E-state index in [9.17, 15) is 5.11 Å². The number of hydrogen-bond acceptors (Lipinski definition) is 3. The summed E-state index contributed by atoms with van der Waals surface area (Å²) in [6.45, 7) is 4.96. The van der Waals surface area contributed by atoms with Crippen molar-refractivity contribution in [2.45, 2.75) is 38.8 Å². The van der Waals surface area contributed by atoms with Crippen LogP contribution in [0.1, 0.15) is 49.5 Å². The van der Waals surface area contributed by atoms with E-state index in [1.54, 1.807) is 10.9 Å². The Morgan fingerprint density at radius 1 is 1.50 bits per heavy atom. The molecule has 0 radical (unpaired) electrons. The van der Waals surface area contributed by atoms with Crippen LogP contribution in [0.15, 0.2) is 28.8 Å². The number of rotatable bonds is 4. The Balaban J connectivity index is 1.84. The number of nitrogens with zero attached hydrogens (tertiary/aromatic N) is 2. The summed E-state index contributed by atoms with van der Waals surface area (Å²) in [6.07, 6.45) is 2.17. The summed E-state index contributed by atoms with van der Waals surface area (Å²) in [5, 5.41) is 14.5. The monoisotopic (exact) mass is 246 g/mol. The van der Waals surface area contributed by atoms with Crippen molar-refractivity contribution >= 4 is 0 Å². The zero-order valence-corrected chi connectivity index (χ0v) is 10.7. The molecule has 0 saturated heterocycles. The first-order valence-electron chi connectivity index (χ1n) is 6.50. The zero-order chi connectivity index (χ0) is 12.7. The molecule has 1 saturated carbocycles. The van der Waals surface area contributed by atoms with Crippen LogP contribution in [0.4, 0.5) is 0 Å². The van der Waals surface area contributed by atoms with Gasteiger partial charge in [-0.25, -0.2) is 0 Å². The van der Waals surface area contributed by atoms with Crippen molar-refractivity contribution in [2.24, 2.45) is 5.92 Å². The third-order valence-electron chi connectivity index (χ3n) is 3.72. The maximum absolute atomic E-state index is 10.3. The first kappa shape index (κ1) is 11.5. The first-order valence-corrected chi connectivity index (χ1v) is 6.50. The second-order valence-corrected chi connectivity index (χ2v) is 5.03. The van der Waals surface area contributed by atoms with Crippen LogP contribution in [-0.4, -0.2) is 14.9 Å². The predicted octanol–water partition coefficient (Wildman–Crippen LogP) is 2.70. The largest absolute Gasteiger partial charge is 0.463 e. The van der Waals surface area contributed by atoms with Crippen LogP contribution in [0.2, 0.25) is 0 Å². The maximum atomic E-state index is 10.3. The van der Waals surface area contributed by atoms with E-state index < -0.39 is 6.10 Å². The number of hydrogen-bond donors (Lipinski definition) is 1. The molecular weight excluding hydrogens is 228 g/mol. The first-order chi connectivity index (χ1) is 8.70. The van der Waals surface area contributed by atoms with Crippen molar-refractivity contribution in [3.8, 4) is 0 Å². The molecule has 3 unspecified atom stereocenters. The zero-order valence-electron chi connectivity index (χ0n) is 10.7. The second kappa shape index (κ2) is 4.28. The second-order valence-electron chi connectivity index (χ2n) is 5.03. The van der Waals surface area contributed by atoms with Gasteiger partial charge >= 0.3 is 0 Å². The Bertz CT molecular complexity index is 543. The molecule has 2 heterocycles. The number of aliphatic hydroxyl groups is 1. The SMILES string of the molecule is CCn1nccc1C(O)c1ccc(C2CC2C)o1. The van der Waals surface area contributed by atoms with E-state index in [-0.39, 0.29) is 0 Å². The molecule has 1 fully saturated rings. The molecule has 1 aliphatic carbocycles. The average molecular weight is 246 g/mol. The molecule has 2 aromatic heterocycles. The van der Waals surface area contributed by atoms with E-state index in [4.69, 9.17) is 4.42 Å². The molecule has 18 heavy (non-hydrogen) atoms. The van der Waals surface area contributed by atoms with Crippen molar-refractivity contribution in [3.05, 3.63) is 41.6 Å². The lowest BCUT2D eigenvalue weighted by molar-refractivity contribution is 0.176. The van der Waals surface area contributed by atoms with Crippen LogP contribution in [-0.2, 0) is 6.54 Å². The van der Waals surface area contributed by atoms with Gasteiger partial charge in [0.25, 0.3) is 0 Å². The summed E-state index contributed by atoms with van der Waals surface area (Å²) in [5.74, 6) is 2.86. The molecule has 4 heteroatoms. The third kappa shape index (κ3) is 1.86. The van der Waals surface area contributed by atoms with Gasteiger partial charge < -0.3 is 9.52 Å². The summed E-state index contributed by atoms with van der Waals surface area (Å²) in [7, 11) is 0. The summed E-state index contributed by atoms with van der Waals surface area (Å²) in [6, 6.07) is 5.69. The molecule has 1 N–H and O–H groups in total. The molecule has 3 rings (SSSR count). The van der Waals surface area contributed by atoms with Gasteiger partial charge in [0.05, 0.1) is 5.69 Å². The highest BCUT2D eigenvalue weighted by Crippen LogP contribution is 2.47. The molecule has 0 aromatic carbocycles. The average Bonchev–Trinajstić information content (AvgIpc) is 2.88. The molecule has 4 nitrogen and oxygen atoms in total. The summed E-state index contributed by atoms with van der Waals surface area (Å²) >= 11 is 0. The third-order valence-corrected chi connectivity index (χ3v) is 3.72. The molecule has 0 amide bonds. The van der Waals surface area contributed by atoms with Crippen LogP contribution in [0.5, 0.6) is 0 Å². The van der Waals surface area contributed by atoms with E-state index in [0.717, 1.165) is 18.0 Å². The Labute approximate surface area is 106 Å². The maximum Gasteiger partial charge on any atom is 0.153 e. The van der Waals surface area contributed by atoms with Crippen molar-refractivity contribution in [2.75, 3.05) is 0 Å². The summed E-state index contributed by atoms with van der Waals surface area (Å²) < 4.78 is 7.56. The fourth-order valence-corrected chi connectivity index (χ4v) is 2.42. The van der Waals surface area contributed by atoms with Crippen molar-refractivity contribution in [1.82, 2.24) is 9.78 Å². The van der Waals surface area contributed by atoms with Gasteiger partial charge in [-0.1, -0.05) is 6.92 Å². The van der Waals surface area contributed by atoms with Crippen LogP contribution >= 0.6 is 0 Å². The van der Waals surface area contributed by atoms with Gasteiger partial charge in [0, 0.05) is 18.7 Å². The standard InChI is InChI=1S/C14H18N2O2/c1-3-16-11(6-7-15-16)14(17)13-5-4-12(18-13)10-8-9(10)2/h4-7,9-10,14,17H,3,8H2,1-2H3. The highest BCUT2D eigenvalue weighted by Gasteiger charge is 2.37. The molecule has 3 atom stereocenters. The number of furan rings is 1. The topological polar surface area (TPSA) is 51.2 Å². The lowest BCUT2D eigenvalue weighted by Crippen LogP contribution is -2.08. The van der Waals surface area contributed by atoms with Gasteiger partial charge in [-0.2, -0.15) is 5.10 Å². The van der Waals surface area contributed by atoms with Gasteiger partial charge in [0.15, 0.2) is 6.10 Å². The Morgan fingerprint density at radius 3 is 2.94 bits per heavy atom. The smallest absolute Gasteiger partial charge is 0.153 e. The Kier molecular flexibility index (Phi) is 2.74. The van der Waals surface area contributed by atoms with Gasteiger partial charge in [0.1, 0.15) is 11.5 Å². The summed E-state index contributed by atoms with van der Waals surface area (Å²) in [5.41, 5.74) is 0.780. The predicted molar refractivity (Wildman–Crippen MR) is 67.2 cm³/mol. The molecule has 0 aliphatic heterocycles. The Hall–Kier alpha value is -1.55. The number of aryl methyl sites for hydroxylation is 1. The van der Waals surface area contributed by atoms with Gasteiger partial charge in [-0.05, 0) is 37.5 Å². The highest BCUT2D eigenvalue weighted by molar-refractivity contribution is 5.23. The highest BCUT2D eigenvalue weighted by atomic mass is 16.4. The van der Waals surface area contributed by atoms with Crippen LogP contribution < -0.4 is 0 Å². The van der Waals surface area contributed by atoms with Crippen LogP contribution in [0.3, 0.4) is 0 Å². The minimum absolute atomic E-state index is 0.544. The van der Waals surface area contributed by atoms with E-state index >= 15 is 0 Å². The fraction of sp³-hybridized carbons (Fsp3) is 0.500. The lowest BCUT2D eigenvalue weighted by Gasteiger charge is -2.09. The Morgan fingerprint density at radius 2 is 2.28 bits per heavy atom. The van der Waals surface area contributed by atoms with Crippen molar-refractivity contribution in [3.63, 3.8) is 0 Å². The van der Waals surface area contributed by atoms with Crippen LogP contribution in [0.25, 0.3) is 0 Å². The molecule has 96 valence electrons. The van der Waals surface area contributed by atoms with Crippen molar-refractivity contribution < 1.29 is 9.52 Å². The fourth-order valence-electron chi connectivity index (χ4n) is 2.42. The van der Waals surface area contributed by atoms with Crippen LogP contribution in [0, 0.1) is 5.92 Å². The molecule has 1 aliphatic rings. The van der Waals surface area contributed by atoms with E-state index in [0.29, 0.717) is 17.6 Å². The molecule has 0 bridgehead atoms. The van der Waals surface area contributed by atoms with Crippen molar-refractivity contribution in [1.29, 1.82) is 0 Å². The number of aliphatic hydroxyl groups excluding tert-OH is 1. The lowest BCUT2D eigenvalue weighted by atomic mass is 10.2. The number of aromatic nitrogens is 2.